The number of nitrogens with zero attached hydrogens (tertiary/aromatic N) is 2. The Morgan fingerprint density at radius 1 is 1.11 bits per heavy atom. The van der Waals surface area contributed by atoms with Crippen LogP contribution in [0.2, 0.25) is 10.0 Å². The quantitative estimate of drug-likeness (QED) is 0.341. The van der Waals surface area contributed by atoms with Crippen LogP contribution in [0.25, 0.3) is 28.2 Å². The Morgan fingerprint density at radius 2 is 1.83 bits per heavy atom. The normalized spacial score (nSPS) is 17.2. The van der Waals surface area contributed by atoms with Crippen LogP contribution >= 0.6 is 23.2 Å². The van der Waals surface area contributed by atoms with Crippen LogP contribution in [0.3, 0.4) is 0 Å². The number of rotatable bonds is 5. The summed E-state index contributed by atoms with van der Waals surface area (Å²) in [6.45, 7) is 1.65. The van der Waals surface area contributed by atoms with Crippen molar-refractivity contribution in [1.29, 1.82) is 0 Å². The largest absolute Gasteiger partial charge is 0.396 e. The first-order valence-corrected chi connectivity index (χ1v) is 13.5. The molecule has 2 N–H and O–H groups in total. The minimum Gasteiger partial charge on any atom is -0.396 e. The van der Waals surface area contributed by atoms with E-state index >= 15 is 0 Å². The highest BCUT2D eigenvalue weighted by atomic mass is 35.5. The minimum absolute atomic E-state index is 0.109. The highest BCUT2D eigenvalue weighted by molar-refractivity contribution is 7.91. The van der Waals surface area contributed by atoms with Crippen LogP contribution in [-0.4, -0.2) is 40.5 Å². The van der Waals surface area contributed by atoms with Crippen molar-refractivity contribution in [2.24, 2.45) is 0 Å². The SMILES string of the molecule is CC(CO)c1cn(-c2ccc(-c3ccc4c(c3)S(=O)(=O)CC4O)cc2Cl)c(-c2c(F)cccc2Cl)n1. The molecule has 6 nitrogen and oxygen atoms in total. The summed E-state index contributed by atoms with van der Waals surface area (Å²) in [5, 5.41) is 20.2. The Labute approximate surface area is 217 Å². The molecule has 0 radical (unpaired) electrons. The fourth-order valence-electron chi connectivity index (χ4n) is 4.33. The van der Waals surface area contributed by atoms with E-state index in [1.165, 1.54) is 18.2 Å². The molecule has 1 aliphatic rings. The first-order valence-electron chi connectivity index (χ1n) is 11.1. The van der Waals surface area contributed by atoms with Gasteiger partial charge in [-0.3, -0.25) is 4.57 Å². The lowest BCUT2D eigenvalue weighted by Gasteiger charge is -2.13. The molecule has 2 unspecified atom stereocenters. The number of aliphatic hydroxyl groups excluding tert-OH is 2. The number of sulfone groups is 1. The zero-order chi connectivity index (χ0) is 25.8. The lowest BCUT2D eigenvalue weighted by Crippen LogP contribution is -2.02. The molecule has 5 rings (SSSR count). The highest BCUT2D eigenvalue weighted by Crippen LogP contribution is 2.39. The number of halogens is 3. The Bertz CT molecular complexity index is 1580. The lowest BCUT2D eigenvalue weighted by atomic mass is 10.0. The van der Waals surface area contributed by atoms with Gasteiger partial charge in [0, 0.05) is 17.7 Å². The van der Waals surface area contributed by atoms with Crippen LogP contribution in [0.15, 0.2) is 65.7 Å². The van der Waals surface area contributed by atoms with Crippen molar-refractivity contribution in [3.05, 3.63) is 87.9 Å². The fraction of sp³-hybridized carbons (Fsp3) is 0.192. The Balaban J connectivity index is 1.63. The molecule has 1 aromatic heterocycles. The second kappa shape index (κ2) is 9.28. The van der Waals surface area contributed by atoms with Gasteiger partial charge in [-0.15, -0.1) is 0 Å². The van der Waals surface area contributed by atoms with Crippen molar-refractivity contribution in [1.82, 2.24) is 9.55 Å². The second-order valence-corrected chi connectivity index (χ2v) is 11.6. The first kappa shape index (κ1) is 24.9. The molecule has 10 heteroatoms. The minimum atomic E-state index is -3.56. The van der Waals surface area contributed by atoms with Gasteiger partial charge >= 0.3 is 0 Å². The summed E-state index contributed by atoms with van der Waals surface area (Å²) in [7, 11) is -3.56. The highest BCUT2D eigenvalue weighted by Gasteiger charge is 2.33. The summed E-state index contributed by atoms with van der Waals surface area (Å²) >= 11 is 13.0. The van der Waals surface area contributed by atoms with Crippen LogP contribution in [0.5, 0.6) is 0 Å². The molecule has 2 atom stereocenters. The fourth-order valence-corrected chi connectivity index (χ4v) is 6.49. The molecule has 36 heavy (non-hydrogen) atoms. The van der Waals surface area contributed by atoms with Crippen molar-refractivity contribution in [2.45, 2.75) is 23.8 Å². The van der Waals surface area contributed by atoms with E-state index in [-0.39, 0.29) is 39.6 Å². The molecule has 0 aliphatic carbocycles. The molecular weight excluding hydrogens is 526 g/mol. The number of aromatic nitrogens is 2. The van der Waals surface area contributed by atoms with Crippen molar-refractivity contribution >= 4 is 33.0 Å². The molecule has 0 saturated carbocycles. The maximum absolute atomic E-state index is 14.8. The van der Waals surface area contributed by atoms with Crippen LogP contribution in [0.1, 0.15) is 30.2 Å². The number of hydrogen-bond acceptors (Lipinski definition) is 5. The van der Waals surface area contributed by atoms with Crippen LogP contribution < -0.4 is 0 Å². The molecule has 0 spiro atoms. The van der Waals surface area contributed by atoms with Gasteiger partial charge in [-0.05, 0) is 41.5 Å². The van der Waals surface area contributed by atoms with Gasteiger partial charge in [0.1, 0.15) is 11.6 Å². The van der Waals surface area contributed by atoms with Gasteiger partial charge in [-0.1, -0.05) is 54.4 Å². The van der Waals surface area contributed by atoms with E-state index in [0.717, 1.165) is 0 Å². The van der Waals surface area contributed by atoms with Crippen LogP contribution in [0.4, 0.5) is 4.39 Å². The molecule has 0 saturated heterocycles. The second-order valence-electron chi connectivity index (χ2n) is 8.76. The number of hydrogen-bond donors (Lipinski definition) is 2. The van der Waals surface area contributed by atoms with Gasteiger partial charge in [0.05, 0.1) is 50.3 Å². The Hall–Kier alpha value is -2.75. The van der Waals surface area contributed by atoms with Gasteiger partial charge in [-0.2, -0.15) is 0 Å². The summed E-state index contributed by atoms with van der Waals surface area (Å²) in [5.74, 6) is -0.952. The third kappa shape index (κ3) is 4.23. The Morgan fingerprint density at radius 3 is 2.53 bits per heavy atom. The molecule has 4 aromatic rings. The zero-order valence-corrected chi connectivity index (χ0v) is 21.3. The molecule has 2 heterocycles. The third-order valence-corrected chi connectivity index (χ3v) is 8.71. The predicted molar refractivity (Wildman–Crippen MR) is 137 cm³/mol. The van der Waals surface area contributed by atoms with Crippen molar-refractivity contribution in [2.75, 3.05) is 12.4 Å². The maximum Gasteiger partial charge on any atom is 0.181 e. The summed E-state index contributed by atoms with van der Waals surface area (Å²) in [4.78, 5) is 4.68. The summed E-state index contributed by atoms with van der Waals surface area (Å²) in [6.07, 6.45) is 0.647. The predicted octanol–water partition coefficient (Wildman–Crippen LogP) is 5.57. The molecular formula is C26H21Cl2FN2O4S. The van der Waals surface area contributed by atoms with Gasteiger partial charge in [-0.25, -0.2) is 17.8 Å². The number of benzene rings is 3. The van der Waals surface area contributed by atoms with E-state index < -0.39 is 21.8 Å². The van der Waals surface area contributed by atoms with E-state index in [2.05, 4.69) is 4.98 Å². The maximum atomic E-state index is 14.8. The lowest BCUT2D eigenvalue weighted by molar-refractivity contribution is 0.204. The van der Waals surface area contributed by atoms with E-state index in [9.17, 15) is 23.0 Å². The zero-order valence-electron chi connectivity index (χ0n) is 19.0. The van der Waals surface area contributed by atoms with Gasteiger partial charge < -0.3 is 10.2 Å². The van der Waals surface area contributed by atoms with Crippen molar-refractivity contribution in [3.8, 4) is 28.2 Å². The first-order chi connectivity index (χ1) is 17.1. The number of imidazole rings is 1. The van der Waals surface area contributed by atoms with E-state index in [1.54, 1.807) is 54.1 Å². The summed E-state index contributed by atoms with van der Waals surface area (Å²) in [6, 6.07) is 14.4. The van der Waals surface area contributed by atoms with Crippen LogP contribution in [0, 0.1) is 5.82 Å². The molecule has 1 aliphatic heterocycles. The van der Waals surface area contributed by atoms with E-state index in [1.807, 2.05) is 0 Å². The van der Waals surface area contributed by atoms with E-state index in [0.29, 0.717) is 33.1 Å². The smallest absolute Gasteiger partial charge is 0.181 e. The molecule has 0 amide bonds. The average molecular weight is 547 g/mol. The van der Waals surface area contributed by atoms with Crippen LogP contribution in [-0.2, 0) is 9.84 Å². The van der Waals surface area contributed by atoms with Crippen molar-refractivity contribution < 1.29 is 23.0 Å². The monoisotopic (exact) mass is 546 g/mol. The summed E-state index contributed by atoms with van der Waals surface area (Å²) in [5.41, 5.74) is 2.82. The summed E-state index contributed by atoms with van der Waals surface area (Å²) < 4.78 is 41.3. The Kier molecular flexibility index (Phi) is 6.43. The number of aliphatic hydroxyl groups is 2. The molecule has 186 valence electrons. The number of fused-ring (bicyclic) bond motifs is 1. The van der Waals surface area contributed by atoms with Gasteiger partial charge in [0.25, 0.3) is 0 Å². The average Bonchev–Trinajstić information content (AvgIpc) is 3.36. The molecule has 0 fully saturated rings. The van der Waals surface area contributed by atoms with E-state index in [4.69, 9.17) is 23.2 Å². The van der Waals surface area contributed by atoms with Crippen molar-refractivity contribution in [3.63, 3.8) is 0 Å². The van der Waals surface area contributed by atoms with Gasteiger partial charge in [0.15, 0.2) is 9.84 Å². The molecule has 3 aromatic carbocycles. The topological polar surface area (TPSA) is 92.4 Å². The van der Waals surface area contributed by atoms with Gasteiger partial charge in [0.2, 0.25) is 0 Å². The molecule has 0 bridgehead atoms. The third-order valence-electron chi connectivity index (χ3n) is 6.32. The standard InChI is InChI=1S/C26H21Cl2FN2O4S/c1-14(12-32)21-11-31(26(30-21)25-18(27)3-2-4-20(25)29)22-8-6-15(9-19(22)28)16-5-7-17-23(33)13-36(34,35)24(17)10-16/h2-11,14,23,32-33H,12-13H2,1H3.